The normalized spacial score (nSPS) is 32.4. The second kappa shape index (κ2) is 6.12. The van der Waals surface area contributed by atoms with Crippen molar-refractivity contribution >= 4 is 7.92 Å². The first kappa shape index (κ1) is 10.4. The smallest absolute Gasteiger partial charge is 0.0571 e. The van der Waals surface area contributed by atoms with Crippen LogP contribution in [-0.4, -0.2) is 26.0 Å². The number of hydrogen-bond donors (Lipinski definition) is 1. The molecule has 2 heteroatoms. The lowest BCUT2D eigenvalue weighted by atomic mass is 10.1. The standard InChI is InChI=1S/C7H15P.CH5N/c1-7-3-5-8(2)6-4-7;1-2/h7H,3-6H2,1-2H3;2H2,1H3/p+1. The van der Waals surface area contributed by atoms with Gasteiger partial charge in [0, 0.05) is 6.66 Å². The van der Waals surface area contributed by atoms with Gasteiger partial charge < -0.3 is 5.73 Å². The average Bonchev–Trinajstić information content (AvgIpc) is 2.00. The van der Waals surface area contributed by atoms with Crippen molar-refractivity contribution in [2.75, 3.05) is 26.0 Å². The summed E-state index contributed by atoms with van der Waals surface area (Å²) in [5.74, 6) is 1.05. The third kappa shape index (κ3) is 4.24. The van der Waals surface area contributed by atoms with E-state index in [1.165, 1.54) is 19.9 Å². The van der Waals surface area contributed by atoms with E-state index in [-0.39, 0.29) is 7.92 Å². The molecule has 62 valence electrons. The van der Waals surface area contributed by atoms with Crippen molar-refractivity contribution in [2.45, 2.75) is 19.8 Å². The molecule has 0 bridgehead atoms. The molecular formula is C8H21NP+. The van der Waals surface area contributed by atoms with E-state index < -0.39 is 0 Å². The molecule has 1 saturated heterocycles. The largest absolute Gasteiger partial charge is 0.333 e. The van der Waals surface area contributed by atoms with Crippen molar-refractivity contribution in [3.63, 3.8) is 0 Å². The van der Waals surface area contributed by atoms with E-state index in [1.807, 2.05) is 0 Å². The van der Waals surface area contributed by atoms with Crippen molar-refractivity contribution in [3.8, 4) is 0 Å². The minimum Gasteiger partial charge on any atom is -0.333 e. The maximum Gasteiger partial charge on any atom is 0.0571 e. The quantitative estimate of drug-likeness (QED) is 0.540. The third-order valence-corrected chi connectivity index (χ3v) is 4.41. The first-order chi connectivity index (χ1) is 4.79. The summed E-state index contributed by atoms with van der Waals surface area (Å²) in [5, 5.41) is 0. The van der Waals surface area contributed by atoms with Crippen molar-refractivity contribution in [1.82, 2.24) is 0 Å². The fourth-order valence-corrected chi connectivity index (χ4v) is 3.48. The molecule has 0 aromatic carbocycles. The Labute approximate surface area is 66.1 Å². The maximum atomic E-state index is 4.50. The van der Waals surface area contributed by atoms with Gasteiger partial charge in [0.05, 0.1) is 12.3 Å². The van der Waals surface area contributed by atoms with Gasteiger partial charge in [0.2, 0.25) is 0 Å². The molecule has 1 nitrogen and oxygen atoms in total. The lowest BCUT2D eigenvalue weighted by molar-refractivity contribution is 0.535. The molecule has 0 saturated carbocycles. The molecule has 1 fully saturated rings. The van der Waals surface area contributed by atoms with E-state index in [0.717, 1.165) is 5.92 Å². The van der Waals surface area contributed by atoms with E-state index in [9.17, 15) is 0 Å². The van der Waals surface area contributed by atoms with Crippen molar-refractivity contribution in [1.29, 1.82) is 0 Å². The fraction of sp³-hybridized carbons (Fsp3) is 1.00. The molecule has 0 aliphatic carbocycles. The zero-order chi connectivity index (χ0) is 7.98. The van der Waals surface area contributed by atoms with Crippen LogP contribution >= 0.6 is 7.92 Å². The summed E-state index contributed by atoms with van der Waals surface area (Å²) in [6.07, 6.45) is 6.19. The summed E-state index contributed by atoms with van der Waals surface area (Å²) < 4.78 is 0. The highest BCUT2D eigenvalue weighted by Gasteiger charge is 2.18. The molecule has 0 unspecified atom stereocenters. The van der Waals surface area contributed by atoms with Gasteiger partial charge in [0.15, 0.2) is 0 Å². The van der Waals surface area contributed by atoms with E-state index >= 15 is 0 Å². The maximum absolute atomic E-state index is 4.50. The summed E-state index contributed by atoms with van der Waals surface area (Å²) >= 11 is 0. The molecule has 0 aromatic rings. The molecule has 0 atom stereocenters. The van der Waals surface area contributed by atoms with Crippen LogP contribution in [0.25, 0.3) is 0 Å². The minimum atomic E-state index is 0.174. The van der Waals surface area contributed by atoms with Gasteiger partial charge in [-0.05, 0) is 33.7 Å². The van der Waals surface area contributed by atoms with Crippen LogP contribution < -0.4 is 5.73 Å². The van der Waals surface area contributed by atoms with Gasteiger partial charge >= 0.3 is 0 Å². The van der Waals surface area contributed by atoms with Crippen LogP contribution in [0.3, 0.4) is 0 Å². The summed E-state index contributed by atoms with van der Waals surface area (Å²) in [6.45, 7) is 4.85. The highest BCUT2D eigenvalue weighted by Crippen LogP contribution is 2.39. The molecule has 1 rings (SSSR count). The number of hydrogen-bond acceptors (Lipinski definition) is 1. The van der Waals surface area contributed by atoms with Crippen molar-refractivity contribution < 1.29 is 0 Å². The van der Waals surface area contributed by atoms with E-state index in [1.54, 1.807) is 12.3 Å². The predicted octanol–water partition coefficient (Wildman–Crippen LogP) is 1.84. The third-order valence-electron chi connectivity index (χ3n) is 2.13. The lowest BCUT2D eigenvalue weighted by Crippen LogP contribution is -2.07. The predicted molar refractivity (Wildman–Crippen MR) is 52.5 cm³/mol. The highest BCUT2D eigenvalue weighted by molar-refractivity contribution is 7.56. The first-order valence-electron chi connectivity index (χ1n) is 4.18. The van der Waals surface area contributed by atoms with Crippen molar-refractivity contribution in [3.05, 3.63) is 0 Å². The minimum absolute atomic E-state index is 0.174. The molecule has 10 heavy (non-hydrogen) atoms. The second-order valence-corrected chi connectivity index (χ2v) is 6.05. The van der Waals surface area contributed by atoms with Gasteiger partial charge in [-0.3, -0.25) is 0 Å². The van der Waals surface area contributed by atoms with Gasteiger partial charge in [0.1, 0.15) is 0 Å². The zero-order valence-electron chi connectivity index (χ0n) is 7.48. The average molecular weight is 162 g/mol. The molecule has 0 spiro atoms. The zero-order valence-corrected chi connectivity index (χ0v) is 8.48. The summed E-state index contributed by atoms with van der Waals surface area (Å²) in [7, 11) is 1.67. The lowest BCUT2D eigenvalue weighted by Gasteiger charge is -2.17. The Morgan fingerprint density at radius 3 is 1.90 bits per heavy atom. The SMILES string of the molecule is CC1CC[PH+](C)CC1.CN. The molecule has 1 aliphatic rings. The summed E-state index contributed by atoms with van der Waals surface area (Å²) in [5.41, 5.74) is 4.50. The van der Waals surface area contributed by atoms with Crippen molar-refractivity contribution in [2.24, 2.45) is 11.7 Å². The molecule has 2 N–H and O–H groups in total. The van der Waals surface area contributed by atoms with Gasteiger partial charge in [0.25, 0.3) is 0 Å². The Morgan fingerprint density at radius 2 is 1.60 bits per heavy atom. The van der Waals surface area contributed by atoms with E-state index in [4.69, 9.17) is 0 Å². The fourth-order valence-electron chi connectivity index (χ4n) is 1.25. The highest BCUT2D eigenvalue weighted by atomic mass is 31.1. The second-order valence-electron chi connectivity index (χ2n) is 3.14. The number of nitrogens with two attached hydrogens (primary N) is 1. The molecule has 0 radical (unpaired) electrons. The Hall–Kier alpha value is 0.390. The topological polar surface area (TPSA) is 26.0 Å². The van der Waals surface area contributed by atoms with Crippen LogP contribution in [0.1, 0.15) is 19.8 Å². The Kier molecular flexibility index (Phi) is 6.36. The van der Waals surface area contributed by atoms with Gasteiger partial charge in [-0.1, -0.05) is 6.92 Å². The van der Waals surface area contributed by atoms with E-state index in [0.29, 0.717) is 0 Å². The summed E-state index contributed by atoms with van der Waals surface area (Å²) in [4.78, 5) is 0. The van der Waals surface area contributed by atoms with Crippen LogP contribution in [-0.2, 0) is 0 Å². The Morgan fingerprint density at radius 1 is 1.20 bits per heavy atom. The summed E-state index contributed by atoms with van der Waals surface area (Å²) in [6, 6.07) is 0. The molecule has 0 amide bonds. The molecular weight excluding hydrogens is 141 g/mol. The first-order valence-corrected chi connectivity index (χ1v) is 6.59. The van der Waals surface area contributed by atoms with E-state index in [2.05, 4.69) is 19.3 Å². The van der Waals surface area contributed by atoms with Crippen LogP contribution in [0.4, 0.5) is 0 Å². The Bertz CT molecular complexity index is 57.7. The number of rotatable bonds is 0. The van der Waals surface area contributed by atoms with Crippen LogP contribution in [0.2, 0.25) is 0 Å². The molecule has 1 heterocycles. The van der Waals surface area contributed by atoms with Crippen LogP contribution in [0.15, 0.2) is 0 Å². The van der Waals surface area contributed by atoms with Gasteiger partial charge in [-0.25, -0.2) is 0 Å². The van der Waals surface area contributed by atoms with Gasteiger partial charge in [-0.15, -0.1) is 0 Å². The van der Waals surface area contributed by atoms with Gasteiger partial charge in [-0.2, -0.15) is 0 Å². The van der Waals surface area contributed by atoms with Crippen LogP contribution in [0, 0.1) is 5.92 Å². The monoisotopic (exact) mass is 162 g/mol. The molecule has 1 aliphatic heterocycles. The van der Waals surface area contributed by atoms with Crippen LogP contribution in [0.5, 0.6) is 0 Å². The molecule has 0 aromatic heterocycles. The Balaban J connectivity index is 0.000000371.